The van der Waals surface area contributed by atoms with Crippen LogP contribution in [0.3, 0.4) is 0 Å². The Morgan fingerprint density at radius 3 is 2.06 bits per heavy atom. The molecule has 0 rings (SSSR count). The molecule has 4 heteroatoms. The van der Waals surface area contributed by atoms with Gasteiger partial charge in [0.15, 0.2) is 0 Å². The zero-order valence-electron chi connectivity index (χ0n) is 12.4. The van der Waals surface area contributed by atoms with Gasteiger partial charge in [-0.25, -0.2) is 0 Å². The molecule has 0 aliphatic carbocycles. The van der Waals surface area contributed by atoms with Crippen LogP contribution < -0.4 is 0 Å². The minimum atomic E-state index is -1.70. The van der Waals surface area contributed by atoms with Gasteiger partial charge in [-0.1, -0.05) is 39.5 Å². The van der Waals surface area contributed by atoms with Crippen LogP contribution >= 0.6 is 0 Å². The molecule has 0 saturated carbocycles. The first-order valence-electron chi connectivity index (χ1n) is 7.37. The standard InChI is InChI=1S/C14H29NO2Si/c1-5-9-10-11-13(12-15)14(6-2)18(16-7-3)17-8-4/h13-14,18H,5-11H2,1-4H3. The van der Waals surface area contributed by atoms with Gasteiger partial charge in [0.1, 0.15) is 0 Å². The van der Waals surface area contributed by atoms with Crippen LogP contribution in [0.4, 0.5) is 0 Å². The monoisotopic (exact) mass is 271 g/mol. The molecule has 0 aliphatic rings. The van der Waals surface area contributed by atoms with E-state index < -0.39 is 9.28 Å². The molecule has 0 aromatic rings. The molecule has 18 heavy (non-hydrogen) atoms. The lowest BCUT2D eigenvalue weighted by molar-refractivity contribution is 0.195. The van der Waals surface area contributed by atoms with Crippen molar-refractivity contribution in [1.29, 1.82) is 5.26 Å². The van der Waals surface area contributed by atoms with Crippen molar-refractivity contribution < 1.29 is 8.85 Å². The van der Waals surface area contributed by atoms with E-state index >= 15 is 0 Å². The van der Waals surface area contributed by atoms with E-state index in [1.165, 1.54) is 12.8 Å². The van der Waals surface area contributed by atoms with Crippen LogP contribution in [0.1, 0.15) is 59.8 Å². The van der Waals surface area contributed by atoms with Gasteiger partial charge in [0.25, 0.3) is 0 Å². The highest BCUT2D eigenvalue weighted by Crippen LogP contribution is 2.30. The van der Waals surface area contributed by atoms with Crippen LogP contribution in [0.5, 0.6) is 0 Å². The van der Waals surface area contributed by atoms with E-state index in [1.807, 2.05) is 13.8 Å². The topological polar surface area (TPSA) is 42.2 Å². The van der Waals surface area contributed by atoms with Gasteiger partial charge in [0, 0.05) is 18.8 Å². The lowest BCUT2D eigenvalue weighted by Crippen LogP contribution is -2.33. The number of rotatable bonds is 11. The molecular weight excluding hydrogens is 242 g/mol. The van der Waals surface area contributed by atoms with Gasteiger partial charge in [-0.3, -0.25) is 0 Å². The normalized spacial score (nSPS) is 14.4. The minimum Gasteiger partial charge on any atom is -0.397 e. The fourth-order valence-corrected chi connectivity index (χ4v) is 4.57. The van der Waals surface area contributed by atoms with Gasteiger partial charge in [-0.05, 0) is 20.3 Å². The molecule has 0 radical (unpaired) electrons. The average molecular weight is 271 g/mol. The summed E-state index contributed by atoms with van der Waals surface area (Å²) >= 11 is 0. The molecule has 0 spiro atoms. The Morgan fingerprint density at radius 2 is 1.67 bits per heavy atom. The first-order chi connectivity index (χ1) is 8.74. The highest BCUT2D eigenvalue weighted by atomic mass is 28.3. The van der Waals surface area contributed by atoms with Crippen molar-refractivity contribution in [3.63, 3.8) is 0 Å². The molecule has 0 bridgehead atoms. The molecular formula is C14H29NO2Si. The molecule has 0 saturated heterocycles. The number of hydrogen-bond donors (Lipinski definition) is 0. The van der Waals surface area contributed by atoms with E-state index in [2.05, 4.69) is 19.9 Å². The Kier molecular flexibility index (Phi) is 11.5. The summed E-state index contributed by atoms with van der Waals surface area (Å²) in [7, 11) is -1.70. The van der Waals surface area contributed by atoms with Crippen molar-refractivity contribution in [1.82, 2.24) is 0 Å². The van der Waals surface area contributed by atoms with Crippen LogP contribution in [0, 0.1) is 17.2 Å². The Balaban J connectivity index is 4.49. The van der Waals surface area contributed by atoms with Gasteiger partial charge < -0.3 is 8.85 Å². The second kappa shape index (κ2) is 11.7. The average Bonchev–Trinajstić information content (AvgIpc) is 2.38. The Hall–Kier alpha value is -0.373. The Morgan fingerprint density at radius 1 is 1.06 bits per heavy atom. The van der Waals surface area contributed by atoms with Crippen LogP contribution in [0.25, 0.3) is 0 Å². The van der Waals surface area contributed by atoms with Gasteiger partial charge in [0.05, 0.1) is 12.0 Å². The van der Waals surface area contributed by atoms with E-state index in [-0.39, 0.29) is 5.92 Å². The number of nitrogens with zero attached hydrogens (tertiary/aromatic N) is 1. The maximum absolute atomic E-state index is 9.37. The predicted octanol–water partition coefficient (Wildman–Crippen LogP) is 3.78. The van der Waals surface area contributed by atoms with Gasteiger partial charge >= 0.3 is 9.28 Å². The van der Waals surface area contributed by atoms with Crippen LogP contribution in [0.2, 0.25) is 5.54 Å². The fourth-order valence-electron chi connectivity index (χ4n) is 2.28. The summed E-state index contributed by atoms with van der Waals surface area (Å²) < 4.78 is 11.6. The fraction of sp³-hybridized carbons (Fsp3) is 0.929. The number of hydrogen-bond acceptors (Lipinski definition) is 3. The highest BCUT2D eigenvalue weighted by molar-refractivity contribution is 6.46. The highest BCUT2D eigenvalue weighted by Gasteiger charge is 2.31. The van der Waals surface area contributed by atoms with Crippen molar-refractivity contribution in [3.8, 4) is 6.07 Å². The smallest absolute Gasteiger partial charge is 0.325 e. The van der Waals surface area contributed by atoms with Crippen molar-refractivity contribution >= 4 is 9.28 Å². The zero-order chi connectivity index (χ0) is 13.8. The minimum absolute atomic E-state index is 0.108. The molecule has 0 aliphatic heterocycles. The van der Waals surface area contributed by atoms with Crippen LogP contribution in [0.15, 0.2) is 0 Å². The largest absolute Gasteiger partial charge is 0.397 e. The summed E-state index contributed by atoms with van der Waals surface area (Å²) in [5.74, 6) is 0.108. The first kappa shape index (κ1) is 17.6. The van der Waals surface area contributed by atoms with Crippen LogP contribution in [-0.4, -0.2) is 22.5 Å². The zero-order valence-corrected chi connectivity index (χ0v) is 13.6. The quantitative estimate of drug-likeness (QED) is 0.424. The van der Waals surface area contributed by atoms with E-state index in [4.69, 9.17) is 8.85 Å². The molecule has 2 atom stereocenters. The van der Waals surface area contributed by atoms with Crippen molar-refractivity contribution in [2.45, 2.75) is 65.3 Å². The number of unbranched alkanes of at least 4 members (excludes halogenated alkanes) is 2. The van der Waals surface area contributed by atoms with Crippen molar-refractivity contribution in [2.75, 3.05) is 13.2 Å². The number of nitriles is 1. The summed E-state index contributed by atoms with van der Waals surface area (Å²) in [6.07, 6.45) is 5.54. The lowest BCUT2D eigenvalue weighted by Gasteiger charge is -2.27. The molecule has 0 fully saturated rings. The molecule has 0 aromatic carbocycles. The lowest BCUT2D eigenvalue weighted by atomic mass is 9.97. The summed E-state index contributed by atoms with van der Waals surface area (Å²) in [6, 6.07) is 2.48. The Bertz CT molecular complexity index is 224. The van der Waals surface area contributed by atoms with E-state index in [1.54, 1.807) is 0 Å². The second-order valence-corrected chi connectivity index (χ2v) is 6.84. The summed E-state index contributed by atoms with van der Waals surface area (Å²) in [5, 5.41) is 9.37. The molecule has 106 valence electrons. The molecule has 0 amide bonds. The summed E-state index contributed by atoms with van der Waals surface area (Å²) in [5.41, 5.74) is 0.326. The third-order valence-electron chi connectivity index (χ3n) is 3.28. The third-order valence-corrected chi connectivity index (χ3v) is 6.24. The second-order valence-electron chi connectivity index (χ2n) is 4.58. The molecule has 2 unspecified atom stereocenters. The predicted molar refractivity (Wildman–Crippen MR) is 77.7 cm³/mol. The summed E-state index contributed by atoms with van der Waals surface area (Å²) in [4.78, 5) is 0. The SMILES string of the molecule is CCCCCC(C#N)C(CC)[SiH](OCC)OCC. The van der Waals surface area contributed by atoms with Gasteiger partial charge in [-0.2, -0.15) is 5.26 Å². The molecule has 3 nitrogen and oxygen atoms in total. The van der Waals surface area contributed by atoms with Gasteiger partial charge in [0.2, 0.25) is 0 Å². The molecule has 0 N–H and O–H groups in total. The van der Waals surface area contributed by atoms with E-state index in [0.29, 0.717) is 18.8 Å². The molecule has 0 aromatic heterocycles. The van der Waals surface area contributed by atoms with Crippen molar-refractivity contribution in [3.05, 3.63) is 0 Å². The summed E-state index contributed by atoms with van der Waals surface area (Å²) in [6.45, 7) is 9.74. The Labute approximate surface area is 114 Å². The third kappa shape index (κ3) is 6.53. The van der Waals surface area contributed by atoms with E-state index in [0.717, 1.165) is 19.3 Å². The van der Waals surface area contributed by atoms with Gasteiger partial charge in [-0.15, -0.1) is 0 Å². The maximum atomic E-state index is 9.37. The van der Waals surface area contributed by atoms with Crippen LogP contribution in [-0.2, 0) is 8.85 Å². The van der Waals surface area contributed by atoms with E-state index in [9.17, 15) is 5.26 Å². The van der Waals surface area contributed by atoms with Crippen molar-refractivity contribution in [2.24, 2.45) is 5.92 Å². The molecule has 0 heterocycles. The first-order valence-corrected chi connectivity index (χ1v) is 8.98. The maximum Gasteiger partial charge on any atom is 0.325 e.